The molecule has 0 aliphatic heterocycles. The molecule has 1 rings (SSSR count). The third-order valence-corrected chi connectivity index (χ3v) is 4.95. The molecule has 0 aliphatic carbocycles. The molecule has 1 aromatic rings. The number of benzene rings is 1. The van der Waals surface area contributed by atoms with Crippen LogP contribution < -0.4 is 4.74 Å². The molecule has 0 amide bonds. The van der Waals surface area contributed by atoms with Crippen LogP contribution in [-0.2, 0) is 10.0 Å². The maximum atomic E-state index is 12.4. The van der Waals surface area contributed by atoms with E-state index in [2.05, 4.69) is 15.9 Å². The highest BCUT2D eigenvalue weighted by atomic mass is 79.9. The quantitative estimate of drug-likeness (QED) is 0.838. The second-order valence-corrected chi connectivity index (χ2v) is 8.52. The van der Waals surface area contributed by atoms with Crippen molar-refractivity contribution in [3.8, 4) is 5.75 Å². The van der Waals surface area contributed by atoms with Crippen LogP contribution in [0.5, 0.6) is 5.75 Å². The van der Waals surface area contributed by atoms with Crippen molar-refractivity contribution in [1.29, 1.82) is 0 Å². The van der Waals surface area contributed by atoms with Crippen LogP contribution in [0.15, 0.2) is 27.6 Å². The van der Waals surface area contributed by atoms with E-state index in [9.17, 15) is 8.42 Å². The van der Waals surface area contributed by atoms with Crippen LogP contribution in [-0.4, -0.2) is 33.4 Å². The summed E-state index contributed by atoms with van der Waals surface area (Å²) in [5, 5.41) is 0. The molecule has 0 saturated heterocycles. The molecule has 0 N–H and O–H groups in total. The van der Waals surface area contributed by atoms with Crippen LogP contribution in [0.25, 0.3) is 0 Å². The first-order valence-corrected chi connectivity index (χ1v) is 8.11. The third-order valence-electron chi connectivity index (χ3n) is 2.53. The summed E-state index contributed by atoms with van der Waals surface area (Å²) in [5.74, 6) is 0.609. The number of nitrogens with zero attached hydrogens (tertiary/aromatic N) is 1. The van der Waals surface area contributed by atoms with Crippen molar-refractivity contribution in [2.75, 3.05) is 20.7 Å². The molecule has 1 aromatic carbocycles. The number of rotatable bonds is 4. The van der Waals surface area contributed by atoms with E-state index < -0.39 is 10.0 Å². The van der Waals surface area contributed by atoms with Crippen molar-refractivity contribution in [2.45, 2.75) is 25.7 Å². The zero-order valence-electron chi connectivity index (χ0n) is 11.9. The zero-order chi connectivity index (χ0) is 14.8. The topological polar surface area (TPSA) is 46.6 Å². The molecule has 108 valence electrons. The highest BCUT2D eigenvalue weighted by Gasteiger charge is 2.25. The first kappa shape index (κ1) is 16.5. The minimum atomic E-state index is -3.47. The van der Waals surface area contributed by atoms with Crippen molar-refractivity contribution in [3.63, 3.8) is 0 Å². The Labute approximate surface area is 123 Å². The van der Waals surface area contributed by atoms with Gasteiger partial charge in [0.25, 0.3) is 0 Å². The van der Waals surface area contributed by atoms with E-state index in [0.717, 1.165) is 0 Å². The summed E-state index contributed by atoms with van der Waals surface area (Å²) in [7, 11) is -0.334. The van der Waals surface area contributed by atoms with E-state index >= 15 is 0 Å². The summed E-state index contributed by atoms with van der Waals surface area (Å²) in [6.07, 6.45) is 0. The number of hydrogen-bond donors (Lipinski definition) is 0. The standard InChI is InChI=1S/C13H20BrNO3S/c1-13(2,3)9-15(4)19(16,17)10-6-7-12(18-5)11(14)8-10/h6-8H,9H2,1-5H3. The predicted molar refractivity (Wildman–Crippen MR) is 80.0 cm³/mol. The van der Waals surface area contributed by atoms with Crippen molar-refractivity contribution in [3.05, 3.63) is 22.7 Å². The van der Waals surface area contributed by atoms with Gasteiger partial charge in [0.15, 0.2) is 0 Å². The highest BCUT2D eigenvalue weighted by Crippen LogP contribution is 2.29. The Morgan fingerprint density at radius 2 is 1.89 bits per heavy atom. The van der Waals surface area contributed by atoms with Crippen LogP contribution in [0.3, 0.4) is 0 Å². The van der Waals surface area contributed by atoms with Gasteiger partial charge in [-0.1, -0.05) is 20.8 Å². The fraction of sp³-hybridized carbons (Fsp3) is 0.538. The highest BCUT2D eigenvalue weighted by molar-refractivity contribution is 9.10. The van der Waals surface area contributed by atoms with Crippen molar-refractivity contribution in [1.82, 2.24) is 4.31 Å². The average Bonchev–Trinajstić information content (AvgIpc) is 2.26. The van der Waals surface area contributed by atoms with Gasteiger partial charge < -0.3 is 4.74 Å². The summed E-state index contributed by atoms with van der Waals surface area (Å²) in [5.41, 5.74) is -0.0917. The van der Waals surface area contributed by atoms with Crippen LogP contribution >= 0.6 is 15.9 Å². The molecule has 0 saturated carbocycles. The monoisotopic (exact) mass is 349 g/mol. The Bertz CT molecular complexity index is 549. The number of sulfonamides is 1. The Hall–Kier alpha value is -0.590. The molecule has 0 unspecified atom stereocenters. The van der Waals surface area contributed by atoms with Gasteiger partial charge in [-0.2, -0.15) is 0 Å². The first-order valence-electron chi connectivity index (χ1n) is 5.88. The normalized spacial score (nSPS) is 12.8. The molecule has 0 aromatic heterocycles. The second kappa shape index (κ2) is 5.81. The molecule has 0 fully saturated rings. The SMILES string of the molecule is COc1ccc(S(=O)(=O)N(C)CC(C)(C)C)cc1Br. The number of ether oxygens (including phenoxy) is 1. The van der Waals surface area contributed by atoms with Crippen LogP contribution in [0.4, 0.5) is 0 Å². The maximum Gasteiger partial charge on any atom is 0.242 e. The number of halogens is 1. The lowest BCUT2D eigenvalue weighted by Gasteiger charge is -2.26. The molecule has 0 heterocycles. The van der Waals surface area contributed by atoms with Gasteiger partial charge >= 0.3 is 0 Å². The summed E-state index contributed by atoms with van der Waals surface area (Å²) in [6.45, 7) is 6.47. The molecular formula is C13H20BrNO3S. The zero-order valence-corrected chi connectivity index (χ0v) is 14.3. The van der Waals surface area contributed by atoms with Gasteiger partial charge in [0.1, 0.15) is 5.75 Å². The molecule has 4 nitrogen and oxygen atoms in total. The van der Waals surface area contributed by atoms with Crippen molar-refractivity contribution >= 4 is 26.0 Å². The lowest BCUT2D eigenvalue weighted by atomic mass is 9.97. The average molecular weight is 350 g/mol. The van der Waals surface area contributed by atoms with E-state index in [1.165, 1.54) is 4.31 Å². The Morgan fingerprint density at radius 1 is 1.32 bits per heavy atom. The third kappa shape index (κ3) is 4.19. The fourth-order valence-electron chi connectivity index (χ4n) is 1.74. The fourth-order valence-corrected chi connectivity index (χ4v) is 3.86. The largest absolute Gasteiger partial charge is 0.496 e. The van der Waals surface area contributed by atoms with E-state index in [4.69, 9.17) is 4.74 Å². The predicted octanol–water partition coefficient (Wildman–Crippen LogP) is 3.12. The summed E-state index contributed by atoms with van der Waals surface area (Å²) >= 11 is 3.30. The summed E-state index contributed by atoms with van der Waals surface area (Å²) in [6, 6.07) is 4.76. The minimum absolute atomic E-state index is 0.0917. The minimum Gasteiger partial charge on any atom is -0.496 e. The Morgan fingerprint density at radius 3 is 2.32 bits per heavy atom. The second-order valence-electron chi connectivity index (χ2n) is 5.62. The van der Waals surface area contributed by atoms with Crippen LogP contribution in [0, 0.1) is 5.41 Å². The smallest absolute Gasteiger partial charge is 0.242 e. The van der Waals surface area contributed by atoms with Gasteiger partial charge in [0.2, 0.25) is 10.0 Å². The Balaban J connectivity index is 3.10. The lowest BCUT2D eigenvalue weighted by Crippen LogP contribution is -2.34. The first-order chi connectivity index (χ1) is 8.58. The molecule has 6 heteroatoms. The summed E-state index contributed by atoms with van der Waals surface area (Å²) < 4.78 is 32.0. The van der Waals surface area contributed by atoms with Crippen molar-refractivity contribution in [2.24, 2.45) is 5.41 Å². The van der Waals surface area contributed by atoms with E-state index in [1.54, 1.807) is 32.4 Å². The van der Waals surface area contributed by atoms with E-state index in [1.807, 2.05) is 20.8 Å². The number of methoxy groups -OCH3 is 1. The van der Waals surface area contributed by atoms with Gasteiger partial charge in [0.05, 0.1) is 16.5 Å². The van der Waals surface area contributed by atoms with E-state index in [-0.39, 0.29) is 10.3 Å². The lowest BCUT2D eigenvalue weighted by molar-refractivity contribution is 0.310. The van der Waals surface area contributed by atoms with Gasteiger partial charge in [-0.15, -0.1) is 0 Å². The van der Waals surface area contributed by atoms with E-state index in [0.29, 0.717) is 16.8 Å². The van der Waals surface area contributed by atoms with Crippen molar-refractivity contribution < 1.29 is 13.2 Å². The molecule has 0 spiro atoms. The Kier molecular flexibility index (Phi) is 5.03. The van der Waals surface area contributed by atoms with Gasteiger partial charge in [0, 0.05) is 13.6 Å². The molecule has 0 bridgehead atoms. The van der Waals surface area contributed by atoms with Gasteiger partial charge in [-0.05, 0) is 39.5 Å². The molecule has 0 atom stereocenters. The molecule has 19 heavy (non-hydrogen) atoms. The van der Waals surface area contributed by atoms with Gasteiger partial charge in [-0.3, -0.25) is 0 Å². The van der Waals surface area contributed by atoms with Crippen LogP contribution in [0.1, 0.15) is 20.8 Å². The molecule has 0 radical (unpaired) electrons. The molecular weight excluding hydrogens is 330 g/mol. The number of hydrogen-bond acceptors (Lipinski definition) is 3. The summed E-state index contributed by atoms with van der Waals surface area (Å²) in [4.78, 5) is 0.256. The van der Waals surface area contributed by atoms with Gasteiger partial charge in [-0.25, -0.2) is 12.7 Å². The van der Waals surface area contributed by atoms with Crippen LogP contribution in [0.2, 0.25) is 0 Å². The molecule has 0 aliphatic rings. The maximum absolute atomic E-state index is 12.4.